The molecule has 1 aromatic heterocycles. The molecule has 0 radical (unpaired) electrons. The molecule has 0 aromatic carbocycles. The summed E-state index contributed by atoms with van der Waals surface area (Å²) < 4.78 is 4.87. The Kier molecular flexibility index (Phi) is 6.21. The number of hydrogen-bond acceptors (Lipinski definition) is 7. The average Bonchev–Trinajstić information content (AvgIpc) is 2.42. The zero-order valence-corrected chi connectivity index (χ0v) is 10.5. The van der Waals surface area contributed by atoms with Gasteiger partial charge in [0.2, 0.25) is 5.82 Å². The third kappa shape index (κ3) is 4.50. The minimum Gasteiger partial charge on any atom is -0.383 e. The average molecular weight is 265 g/mol. The summed E-state index contributed by atoms with van der Waals surface area (Å²) in [7, 11) is 1.61. The Morgan fingerprint density at radius 1 is 1.53 bits per heavy atom. The van der Waals surface area contributed by atoms with Gasteiger partial charge in [0.1, 0.15) is 11.6 Å². The quantitative estimate of drug-likeness (QED) is 0.400. The molecular formula is C11H15N5O3. The predicted molar refractivity (Wildman–Crippen MR) is 68.8 cm³/mol. The molecule has 0 amide bonds. The van der Waals surface area contributed by atoms with Gasteiger partial charge in [-0.15, -0.1) is 0 Å². The van der Waals surface area contributed by atoms with Crippen molar-refractivity contribution in [2.75, 3.05) is 38.7 Å². The van der Waals surface area contributed by atoms with Crippen LogP contribution in [0.2, 0.25) is 0 Å². The van der Waals surface area contributed by atoms with Crippen molar-refractivity contribution in [3.05, 3.63) is 27.9 Å². The number of hydrogen-bond donors (Lipinski definition) is 2. The van der Waals surface area contributed by atoms with Crippen LogP contribution in [0.25, 0.3) is 0 Å². The molecule has 0 atom stereocenters. The van der Waals surface area contributed by atoms with Gasteiger partial charge >= 0.3 is 5.69 Å². The fourth-order valence-corrected chi connectivity index (χ4v) is 1.43. The van der Waals surface area contributed by atoms with E-state index in [1.807, 2.05) is 0 Å². The first-order valence-electron chi connectivity index (χ1n) is 5.67. The number of pyridine rings is 1. The minimum absolute atomic E-state index is 0.00478. The first kappa shape index (κ1) is 14.8. The first-order chi connectivity index (χ1) is 9.20. The maximum Gasteiger partial charge on any atom is 0.328 e. The van der Waals surface area contributed by atoms with E-state index >= 15 is 0 Å². The molecule has 1 rings (SSSR count). The van der Waals surface area contributed by atoms with E-state index in [0.717, 1.165) is 0 Å². The summed E-state index contributed by atoms with van der Waals surface area (Å²) in [4.78, 5) is 14.2. The third-order valence-corrected chi connectivity index (χ3v) is 2.30. The van der Waals surface area contributed by atoms with Crippen LogP contribution in [0, 0.1) is 21.4 Å². The maximum atomic E-state index is 10.9. The molecule has 0 aliphatic rings. The molecule has 1 aromatic rings. The Bertz CT molecular complexity index is 472. The van der Waals surface area contributed by atoms with E-state index in [2.05, 4.69) is 15.6 Å². The summed E-state index contributed by atoms with van der Waals surface area (Å²) in [6, 6.07) is 3.10. The van der Waals surface area contributed by atoms with Crippen LogP contribution in [-0.2, 0) is 4.74 Å². The van der Waals surface area contributed by atoms with Crippen LogP contribution in [0.15, 0.2) is 12.3 Å². The Labute approximate surface area is 110 Å². The molecule has 0 saturated heterocycles. The summed E-state index contributed by atoms with van der Waals surface area (Å²) in [5.41, 5.74) is -0.295. The predicted octanol–water partition coefficient (Wildman–Crippen LogP) is 0.509. The van der Waals surface area contributed by atoms with Crippen LogP contribution in [0.4, 0.5) is 11.5 Å². The lowest BCUT2D eigenvalue weighted by Crippen LogP contribution is -2.25. The van der Waals surface area contributed by atoms with Crippen molar-refractivity contribution in [2.24, 2.45) is 0 Å². The van der Waals surface area contributed by atoms with Gasteiger partial charge in [-0.25, -0.2) is 4.98 Å². The highest BCUT2D eigenvalue weighted by atomic mass is 16.6. The van der Waals surface area contributed by atoms with Crippen LogP contribution in [0.5, 0.6) is 0 Å². The Morgan fingerprint density at radius 3 is 2.95 bits per heavy atom. The third-order valence-electron chi connectivity index (χ3n) is 2.30. The van der Waals surface area contributed by atoms with E-state index < -0.39 is 4.92 Å². The highest BCUT2D eigenvalue weighted by molar-refractivity contribution is 5.63. The lowest BCUT2D eigenvalue weighted by atomic mass is 10.2. The number of nitriles is 1. The highest BCUT2D eigenvalue weighted by Gasteiger charge is 2.20. The number of ether oxygens (including phenoxy) is 1. The van der Waals surface area contributed by atoms with E-state index in [4.69, 9.17) is 10.00 Å². The van der Waals surface area contributed by atoms with Crippen LogP contribution in [0.3, 0.4) is 0 Å². The largest absolute Gasteiger partial charge is 0.383 e. The normalized spacial score (nSPS) is 9.89. The number of anilines is 1. The fourth-order valence-electron chi connectivity index (χ4n) is 1.43. The molecule has 19 heavy (non-hydrogen) atoms. The van der Waals surface area contributed by atoms with Crippen molar-refractivity contribution in [1.29, 1.82) is 5.26 Å². The van der Waals surface area contributed by atoms with Crippen molar-refractivity contribution in [3.63, 3.8) is 0 Å². The topological polar surface area (TPSA) is 113 Å². The summed E-state index contributed by atoms with van der Waals surface area (Å²) >= 11 is 0. The lowest BCUT2D eigenvalue weighted by Gasteiger charge is -2.07. The van der Waals surface area contributed by atoms with Gasteiger partial charge < -0.3 is 15.4 Å². The molecule has 0 spiro atoms. The SMILES string of the molecule is COCCNCCNc1nccc(C#N)c1[N+](=O)[O-]. The van der Waals surface area contributed by atoms with Gasteiger partial charge in [-0.1, -0.05) is 0 Å². The molecule has 0 aliphatic heterocycles. The summed E-state index contributed by atoms with van der Waals surface area (Å²) in [5.74, 6) is 0.109. The van der Waals surface area contributed by atoms with E-state index in [1.165, 1.54) is 12.3 Å². The second-order valence-electron chi connectivity index (χ2n) is 3.59. The van der Waals surface area contributed by atoms with Crippen molar-refractivity contribution in [3.8, 4) is 6.07 Å². The summed E-state index contributed by atoms with van der Waals surface area (Å²) in [6.45, 7) is 2.37. The standard InChI is InChI=1S/C11H15N5O3/c1-19-7-6-13-4-5-15-11-10(16(17)18)9(8-12)2-3-14-11/h2-3,13H,4-7H2,1H3,(H,14,15). The van der Waals surface area contributed by atoms with E-state index in [9.17, 15) is 10.1 Å². The number of nitrogens with zero attached hydrogens (tertiary/aromatic N) is 3. The number of nitro groups is 1. The zero-order chi connectivity index (χ0) is 14.1. The van der Waals surface area contributed by atoms with Crippen LogP contribution in [-0.4, -0.2) is 43.3 Å². The van der Waals surface area contributed by atoms with E-state index in [1.54, 1.807) is 13.2 Å². The summed E-state index contributed by atoms with van der Waals surface area (Å²) in [6.07, 6.45) is 1.37. The van der Waals surface area contributed by atoms with Gasteiger partial charge in [0, 0.05) is 32.9 Å². The Balaban J connectivity index is 2.59. The van der Waals surface area contributed by atoms with Gasteiger partial charge in [-0.2, -0.15) is 5.26 Å². The van der Waals surface area contributed by atoms with Crippen LogP contribution >= 0.6 is 0 Å². The molecule has 102 valence electrons. The molecule has 0 unspecified atom stereocenters. The van der Waals surface area contributed by atoms with Crippen molar-refractivity contribution in [2.45, 2.75) is 0 Å². The van der Waals surface area contributed by atoms with Gasteiger partial charge in [0.05, 0.1) is 11.5 Å². The fraction of sp³-hybridized carbons (Fsp3) is 0.455. The molecule has 0 fully saturated rings. The second-order valence-corrected chi connectivity index (χ2v) is 3.59. The second kappa shape index (κ2) is 7.97. The minimum atomic E-state index is -0.605. The van der Waals surface area contributed by atoms with Crippen LogP contribution in [0.1, 0.15) is 5.56 Å². The number of methoxy groups -OCH3 is 1. The highest BCUT2D eigenvalue weighted by Crippen LogP contribution is 2.25. The maximum absolute atomic E-state index is 10.9. The zero-order valence-electron chi connectivity index (χ0n) is 10.5. The van der Waals surface area contributed by atoms with Crippen molar-refractivity contribution < 1.29 is 9.66 Å². The van der Waals surface area contributed by atoms with Gasteiger partial charge in [0.15, 0.2) is 0 Å². The van der Waals surface area contributed by atoms with Gasteiger partial charge in [0.25, 0.3) is 0 Å². The summed E-state index contributed by atoms with van der Waals surface area (Å²) in [5, 5.41) is 25.7. The van der Waals surface area contributed by atoms with Gasteiger partial charge in [-0.3, -0.25) is 10.1 Å². The smallest absolute Gasteiger partial charge is 0.328 e. The molecular weight excluding hydrogens is 250 g/mol. The van der Waals surface area contributed by atoms with E-state index in [0.29, 0.717) is 26.2 Å². The molecule has 8 nitrogen and oxygen atoms in total. The molecule has 0 saturated carbocycles. The van der Waals surface area contributed by atoms with Crippen molar-refractivity contribution >= 4 is 11.5 Å². The Hall–Kier alpha value is -2.24. The Morgan fingerprint density at radius 2 is 2.32 bits per heavy atom. The molecule has 0 bridgehead atoms. The molecule has 0 aliphatic carbocycles. The number of nitrogens with one attached hydrogen (secondary N) is 2. The van der Waals surface area contributed by atoms with E-state index in [-0.39, 0.29) is 17.1 Å². The molecule has 1 heterocycles. The first-order valence-corrected chi connectivity index (χ1v) is 5.67. The lowest BCUT2D eigenvalue weighted by molar-refractivity contribution is -0.384. The number of rotatable bonds is 8. The molecule has 8 heteroatoms. The monoisotopic (exact) mass is 265 g/mol. The van der Waals surface area contributed by atoms with Crippen LogP contribution < -0.4 is 10.6 Å². The molecule has 2 N–H and O–H groups in total. The number of aromatic nitrogens is 1. The van der Waals surface area contributed by atoms with Crippen molar-refractivity contribution in [1.82, 2.24) is 10.3 Å². The van der Waals surface area contributed by atoms with Gasteiger partial charge in [-0.05, 0) is 6.07 Å².